The Hall–Kier alpha value is -0.480. The van der Waals surface area contributed by atoms with Crippen LogP contribution in [0.5, 0.6) is 0 Å². The van der Waals surface area contributed by atoms with Crippen LogP contribution in [0.15, 0.2) is 0 Å². The van der Waals surface area contributed by atoms with Crippen molar-refractivity contribution in [3.63, 3.8) is 0 Å². The summed E-state index contributed by atoms with van der Waals surface area (Å²) in [6.07, 6.45) is 4.50. The van der Waals surface area contributed by atoms with Crippen LogP contribution in [0.25, 0.3) is 0 Å². The zero-order chi connectivity index (χ0) is 10.8. The van der Waals surface area contributed by atoms with Gasteiger partial charge >= 0.3 is 0 Å². The average molecular weight is 225 g/mol. The van der Waals surface area contributed by atoms with Crippen LogP contribution in [0.2, 0.25) is 0 Å². The molecule has 0 amide bonds. The highest BCUT2D eigenvalue weighted by molar-refractivity contribution is 7.05. The van der Waals surface area contributed by atoms with Gasteiger partial charge in [0.05, 0.1) is 0 Å². The first kappa shape index (κ1) is 11.0. The van der Waals surface area contributed by atoms with Crippen molar-refractivity contribution in [1.82, 2.24) is 9.36 Å². The van der Waals surface area contributed by atoms with Crippen LogP contribution in [-0.4, -0.2) is 15.4 Å². The minimum absolute atomic E-state index is 0.241. The third-order valence-corrected chi connectivity index (χ3v) is 3.38. The molecule has 1 atom stereocenters. The SMILES string of the molecule is CC(C)CC(N)Cc1nc(C2CC2)ns1. The van der Waals surface area contributed by atoms with Crippen LogP contribution < -0.4 is 5.73 Å². The van der Waals surface area contributed by atoms with E-state index in [1.54, 1.807) is 0 Å². The number of aromatic nitrogens is 2. The van der Waals surface area contributed by atoms with Gasteiger partial charge in [-0.3, -0.25) is 0 Å². The minimum atomic E-state index is 0.241. The quantitative estimate of drug-likeness (QED) is 0.836. The molecule has 0 aromatic carbocycles. The molecule has 1 aromatic heterocycles. The van der Waals surface area contributed by atoms with Gasteiger partial charge in [0.2, 0.25) is 0 Å². The number of nitrogens with two attached hydrogens (primary N) is 1. The van der Waals surface area contributed by atoms with E-state index in [9.17, 15) is 0 Å². The second-order valence-electron chi connectivity index (χ2n) is 4.91. The first-order valence-corrected chi connectivity index (χ1v) is 6.50. The van der Waals surface area contributed by atoms with Crippen molar-refractivity contribution in [3.05, 3.63) is 10.8 Å². The predicted molar refractivity (Wildman–Crippen MR) is 63.0 cm³/mol. The molecule has 15 heavy (non-hydrogen) atoms. The smallest absolute Gasteiger partial charge is 0.145 e. The van der Waals surface area contributed by atoms with E-state index in [0.717, 1.165) is 23.7 Å². The zero-order valence-corrected chi connectivity index (χ0v) is 10.3. The monoisotopic (exact) mass is 225 g/mol. The fraction of sp³-hybridized carbons (Fsp3) is 0.818. The summed E-state index contributed by atoms with van der Waals surface area (Å²) >= 11 is 1.53. The number of nitrogens with zero attached hydrogens (tertiary/aromatic N) is 2. The molecular formula is C11H19N3S. The van der Waals surface area contributed by atoms with Crippen molar-refractivity contribution < 1.29 is 0 Å². The lowest BCUT2D eigenvalue weighted by Crippen LogP contribution is -2.24. The molecule has 84 valence electrons. The summed E-state index contributed by atoms with van der Waals surface area (Å²) in [6.45, 7) is 4.41. The van der Waals surface area contributed by atoms with E-state index >= 15 is 0 Å². The summed E-state index contributed by atoms with van der Waals surface area (Å²) < 4.78 is 4.39. The molecule has 1 unspecified atom stereocenters. The lowest BCUT2D eigenvalue weighted by Gasteiger charge is -2.11. The molecule has 3 nitrogen and oxygen atoms in total. The van der Waals surface area contributed by atoms with Gasteiger partial charge in [0, 0.05) is 18.4 Å². The van der Waals surface area contributed by atoms with Gasteiger partial charge < -0.3 is 5.73 Å². The first-order chi connectivity index (χ1) is 7.15. The number of hydrogen-bond acceptors (Lipinski definition) is 4. The predicted octanol–water partition coefficient (Wildman–Crippen LogP) is 2.33. The third-order valence-electron chi connectivity index (χ3n) is 2.64. The lowest BCUT2D eigenvalue weighted by atomic mass is 10.0. The zero-order valence-electron chi connectivity index (χ0n) is 9.44. The van der Waals surface area contributed by atoms with E-state index in [-0.39, 0.29) is 6.04 Å². The lowest BCUT2D eigenvalue weighted by molar-refractivity contribution is 0.492. The van der Waals surface area contributed by atoms with Crippen LogP contribution in [0.3, 0.4) is 0 Å². The fourth-order valence-corrected chi connectivity index (χ4v) is 2.58. The standard InChI is InChI=1S/C11H19N3S/c1-7(2)5-9(12)6-10-13-11(14-15-10)8-3-4-8/h7-9H,3-6,12H2,1-2H3. The molecule has 1 aromatic rings. The van der Waals surface area contributed by atoms with Gasteiger partial charge in [-0.1, -0.05) is 13.8 Å². The molecule has 1 aliphatic rings. The van der Waals surface area contributed by atoms with Gasteiger partial charge in [-0.2, -0.15) is 4.37 Å². The average Bonchev–Trinajstić information content (AvgIpc) is 2.87. The van der Waals surface area contributed by atoms with Crippen molar-refractivity contribution in [2.24, 2.45) is 11.7 Å². The molecule has 0 spiro atoms. The van der Waals surface area contributed by atoms with E-state index in [0.29, 0.717) is 11.8 Å². The van der Waals surface area contributed by atoms with Gasteiger partial charge in [-0.05, 0) is 36.7 Å². The van der Waals surface area contributed by atoms with Crippen LogP contribution >= 0.6 is 11.5 Å². The maximum absolute atomic E-state index is 6.05. The van der Waals surface area contributed by atoms with Gasteiger partial charge in [-0.15, -0.1) is 0 Å². The highest BCUT2D eigenvalue weighted by Crippen LogP contribution is 2.38. The van der Waals surface area contributed by atoms with E-state index in [2.05, 4.69) is 23.2 Å². The van der Waals surface area contributed by atoms with Gasteiger partial charge in [0.25, 0.3) is 0 Å². The van der Waals surface area contributed by atoms with Crippen molar-refractivity contribution >= 4 is 11.5 Å². The Bertz CT molecular complexity index is 317. The highest BCUT2D eigenvalue weighted by Gasteiger charge is 2.27. The largest absolute Gasteiger partial charge is 0.327 e. The molecule has 1 fully saturated rings. The van der Waals surface area contributed by atoms with Crippen molar-refractivity contribution in [2.45, 2.75) is 51.5 Å². The molecule has 0 saturated heterocycles. The van der Waals surface area contributed by atoms with Crippen molar-refractivity contribution in [2.75, 3.05) is 0 Å². The maximum Gasteiger partial charge on any atom is 0.145 e. The molecule has 1 saturated carbocycles. The molecule has 0 bridgehead atoms. The third kappa shape index (κ3) is 3.24. The Labute approximate surface area is 95.3 Å². The summed E-state index contributed by atoms with van der Waals surface area (Å²) in [5.41, 5.74) is 6.05. The Morgan fingerprint density at radius 3 is 2.80 bits per heavy atom. The fourth-order valence-electron chi connectivity index (χ4n) is 1.77. The van der Waals surface area contributed by atoms with Gasteiger partial charge in [0.15, 0.2) is 0 Å². The topological polar surface area (TPSA) is 51.8 Å². The second kappa shape index (κ2) is 4.58. The van der Waals surface area contributed by atoms with Crippen LogP contribution in [0.4, 0.5) is 0 Å². The Balaban J connectivity index is 1.86. The molecule has 4 heteroatoms. The van der Waals surface area contributed by atoms with E-state index in [1.807, 2.05) is 0 Å². The Kier molecular flexibility index (Phi) is 3.36. The first-order valence-electron chi connectivity index (χ1n) is 5.73. The summed E-state index contributed by atoms with van der Waals surface area (Å²) in [4.78, 5) is 4.55. The Morgan fingerprint density at radius 1 is 1.47 bits per heavy atom. The number of rotatable bonds is 5. The minimum Gasteiger partial charge on any atom is -0.327 e. The van der Waals surface area contributed by atoms with Gasteiger partial charge in [0.1, 0.15) is 10.8 Å². The van der Waals surface area contributed by atoms with E-state index < -0.39 is 0 Å². The summed E-state index contributed by atoms with van der Waals surface area (Å²) in [5.74, 6) is 2.39. The second-order valence-corrected chi connectivity index (χ2v) is 5.75. The van der Waals surface area contributed by atoms with E-state index in [1.165, 1.54) is 24.4 Å². The van der Waals surface area contributed by atoms with Crippen molar-refractivity contribution in [3.8, 4) is 0 Å². The normalized spacial score (nSPS) is 18.4. The summed E-state index contributed by atoms with van der Waals surface area (Å²) in [5, 5.41) is 1.12. The molecule has 1 aliphatic carbocycles. The molecule has 2 N–H and O–H groups in total. The van der Waals surface area contributed by atoms with E-state index in [4.69, 9.17) is 5.73 Å². The van der Waals surface area contributed by atoms with Gasteiger partial charge in [-0.25, -0.2) is 4.98 Å². The molecule has 2 rings (SSSR count). The van der Waals surface area contributed by atoms with Crippen molar-refractivity contribution in [1.29, 1.82) is 0 Å². The maximum atomic E-state index is 6.05. The van der Waals surface area contributed by atoms with Crippen LogP contribution in [0, 0.1) is 5.92 Å². The Morgan fingerprint density at radius 2 is 2.20 bits per heavy atom. The van der Waals surface area contributed by atoms with Crippen LogP contribution in [-0.2, 0) is 6.42 Å². The summed E-state index contributed by atoms with van der Waals surface area (Å²) in [7, 11) is 0. The number of hydrogen-bond donors (Lipinski definition) is 1. The molecule has 0 aliphatic heterocycles. The summed E-state index contributed by atoms with van der Waals surface area (Å²) in [6, 6.07) is 0.241. The van der Waals surface area contributed by atoms with Crippen LogP contribution in [0.1, 0.15) is 49.9 Å². The molecular weight excluding hydrogens is 206 g/mol. The molecule has 0 radical (unpaired) electrons. The highest BCUT2D eigenvalue weighted by atomic mass is 32.1. The molecule has 1 heterocycles.